The van der Waals surface area contributed by atoms with E-state index < -0.39 is 0 Å². The molecule has 26 heavy (non-hydrogen) atoms. The van der Waals surface area contributed by atoms with Gasteiger partial charge in [-0.2, -0.15) is 5.10 Å². The summed E-state index contributed by atoms with van der Waals surface area (Å²) in [7, 11) is 0. The third-order valence-corrected chi connectivity index (χ3v) is 4.51. The van der Waals surface area contributed by atoms with Gasteiger partial charge in [-0.05, 0) is 55.8 Å². The average molecular weight is 389 g/mol. The topological polar surface area (TPSA) is 89.6 Å². The summed E-state index contributed by atoms with van der Waals surface area (Å²) in [5.41, 5.74) is 10.2. The summed E-state index contributed by atoms with van der Waals surface area (Å²) in [5, 5.41) is 4.93. The second-order valence-electron chi connectivity index (χ2n) is 5.79. The lowest BCUT2D eigenvalue weighted by molar-refractivity contribution is 0.0955. The van der Waals surface area contributed by atoms with Gasteiger partial charge < -0.3 is 10.5 Å². The molecular formula is C18H17ClN4O2S. The van der Waals surface area contributed by atoms with Crippen molar-refractivity contribution in [2.75, 3.05) is 5.73 Å². The number of amides is 1. The van der Waals surface area contributed by atoms with Crippen LogP contribution in [0.3, 0.4) is 0 Å². The minimum atomic E-state index is -0.319. The molecule has 0 bridgehead atoms. The molecule has 6 nitrogen and oxygen atoms in total. The summed E-state index contributed by atoms with van der Waals surface area (Å²) < 4.78 is 6.43. The van der Waals surface area contributed by atoms with E-state index >= 15 is 0 Å². The zero-order chi connectivity index (χ0) is 18.7. The van der Waals surface area contributed by atoms with Crippen LogP contribution in [0.4, 0.5) is 5.13 Å². The molecule has 0 spiro atoms. The number of benzene rings is 2. The molecule has 0 radical (unpaired) electrons. The van der Waals surface area contributed by atoms with Gasteiger partial charge in [0.05, 0.1) is 27.6 Å². The van der Waals surface area contributed by atoms with Gasteiger partial charge >= 0.3 is 0 Å². The number of rotatable bonds is 5. The van der Waals surface area contributed by atoms with Crippen molar-refractivity contribution in [1.82, 2.24) is 10.4 Å². The molecule has 2 aromatic carbocycles. The number of fused-ring (bicyclic) bond motifs is 1. The van der Waals surface area contributed by atoms with E-state index in [1.54, 1.807) is 30.3 Å². The molecule has 0 aliphatic carbocycles. The number of nitrogens with one attached hydrogen (secondary N) is 1. The Labute approximate surface area is 159 Å². The van der Waals surface area contributed by atoms with Gasteiger partial charge in [-0.15, -0.1) is 0 Å². The monoisotopic (exact) mass is 388 g/mol. The van der Waals surface area contributed by atoms with Crippen LogP contribution < -0.4 is 15.9 Å². The molecule has 0 aliphatic rings. The largest absolute Gasteiger partial charge is 0.489 e. The van der Waals surface area contributed by atoms with E-state index in [1.807, 2.05) is 19.9 Å². The number of halogens is 1. The van der Waals surface area contributed by atoms with Crippen molar-refractivity contribution >= 4 is 50.4 Å². The van der Waals surface area contributed by atoms with Crippen LogP contribution in [0.25, 0.3) is 10.2 Å². The van der Waals surface area contributed by atoms with Gasteiger partial charge in [0.25, 0.3) is 5.91 Å². The van der Waals surface area contributed by atoms with Crippen LogP contribution in [-0.2, 0) is 0 Å². The molecule has 3 rings (SSSR count). The molecule has 3 aromatic rings. The Hall–Kier alpha value is -2.64. The van der Waals surface area contributed by atoms with Crippen molar-refractivity contribution in [3.8, 4) is 5.75 Å². The van der Waals surface area contributed by atoms with Gasteiger partial charge in [-0.25, -0.2) is 10.4 Å². The molecule has 1 amide bonds. The number of hydrogen-bond acceptors (Lipinski definition) is 6. The summed E-state index contributed by atoms with van der Waals surface area (Å²) in [4.78, 5) is 16.4. The fourth-order valence-corrected chi connectivity index (χ4v) is 3.27. The molecule has 0 fully saturated rings. The maximum absolute atomic E-state index is 12.2. The SMILES string of the molecule is CC(C)Oc1ccc(/C=N\NC(=O)c2ccc3nc(N)sc3c2)cc1Cl. The van der Waals surface area contributed by atoms with Crippen LogP contribution in [-0.4, -0.2) is 23.2 Å². The van der Waals surface area contributed by atoms with Gasteiger partial charge in [-0.1, -0.05) is 22.9 Å². The number of aromatic nitrogens is 1. The Kier molecular flexibility index (Phi) is 5.39. The molecule has 0 unspecified atom stereocenters. The second-order valence-corrected chi connectivity index (χ2v) is 7.26. The zero-order valence-corrected chi connectivity index (χ0v) is 15.8. The van der Waals surface area contributed by atoms with Crippen LogP contribution >= 0.6 is 22.9 Å². The Bertz CT molecular complexity index is 984. The Morgan fingerprint density at radius 2 is 2.15 bits per heavy atom. The maximum atomic E-state index is 12.2. The van der Waals surface area contributed by atoms with Crippen LogP contribution in [0.5, 0.6) is 5.75 Å². The van der Waals surface area contributed by atoms with Gasteiger partial charge in [0, 0.05) is 5.56 Å². The fourth-order valence-electron chi connectivity index (χ4n) is 2.26. The summed E-state index contributed by atoms with van der Waals surface area (Å²) in [6.07, 6.45) is 1.56. The van der Waals surface area contributed by atoms with Crippen LogP contribution in [0, 0.1) is 0 Å². The van der Waals surface area contributed by atoms with Crippen LogP contribution in [0.1, 0.15) is 29.8 Å². The number of thiazole rings is 1. The third-order valence-electron chi connectivity index (χ3n) is 3.37. The third kappa shape index (κ3) is 4.30. The molecule has 0 aliphatic heterocycles. The molecule has 0 saturated carbocycles. The van der Waals surface area contributed by atoms with Gasteiger partial charge in [-0.3, -0.25) is 4.79 Å². The molecule has 8 heteroatoms. The predicted molar refractivity (Wildman–Crippen MR) is 106 cm³/mol. The van der Waals surface area contributed by atoms with Crippen molar-refractivity contribution in [2.45, 2.75) is 20.0 Å². The summed E-state index contributed by atoms with van der Waals surface area (Å²) in [5.74, 6) is 0.293. The van der Waals surface area contributed by atoms with E-state index in [4.69, 9.17) is 22.1 Å². The number of nitrogens with two attached hydrogens (primary N) is 1. The van der Waals surface area contributed by atoms with Crippen LogP contribution in [0.2, 0.25) is 5.02 Å². The van der Waals surface area contributed by atoms with Crippen molar-refractivity contribution in [2.24, 2.45) is 5.10 Å². The van der Waals surface area contributed by atoms with Crippen LogP contribution in [0.15, 0.2) is 41.5 Å². The Balaban J connectivity index is 1.67. The van der Waals surface area contributed by atoms with E-state index in [-0.39, 0.29) is 12.0 Å². The van der Waals surface area contributed by atoms with E-state index in [1.165, 1.54) is 17.6 Å². The average Bonchev–Trinajstić information content (AvgIpc) is 2.96. The van der Waals surface area contributed by atoms with Crippen molar-refractivity contribution in [3.05, 3.63) is 52.5 Å². The number of ether oxygens (including phenoxy) is 1. The molecule has 134 valence electrons. The molecule has 0 atom stereocenters. The minimum absolute atomic E-state index is 0.0394. The quantitative estimate of drug-likeness (QED) is 0.509. The number of nitrogen functional groups attached to an aromatic ring is 1. The Morgan fingerprint density at radius 1 is 1.35 bits per heavy atom. The predicted octanol–water partition coefficient (Wildman–Crippen LogP) is 4.08. The number of hydrogen-bond donors (Lipinski definition) is 2. The van der Waals surface area contributed by atoms with Crippen molar-refractivity contribution in [3.63, 3.8) is 0 Å². The zero-order valence-electron chi connectivity index (χ0n) is 14.2. The highest BCUT2D eigenvalue weighted by Crippen LogP contribution is 2.26. The van der Waals surface area contributed by atoms with Crippen molar-refractivity contribution in [1.29, 1.82) is 0 Å². The Morgan fingerprint density at radius 3 is 2.88 bits per heavy atom. The first kappa shape index (κ1) is 18.2. The highest BCUT2D eigenvalue weighted by atomic mass is 35.5. The lowest BCUT2D eigenvalue weighted by atomic mass is 10.2. The molecule has 3 N–H and O–H groups in total. The number of anilines is 1. The molecule has 1 heterocycles. The highest BCUT2D eigenvalue weighted by Gasteiger charge is 2.08. The molecule has 1 aromatic heterocycles. The normalized spacial score (nSPS) is 11.4. The second kappa shape index (κ2) is 7.72. The van der Waals surface area contributed by atoms with E-state index in [9.17, 15) is 4.79 Å². The first-order valence-electron chi connectivity index (χ1n) is 7.88. The summed E-state index contributed by atoms with van der Waals surface area (Å²) in [6.45, 7) is 3.86. The van der Waals surface area contributed by atoms with E-state index in [0.717, 1.165) is 15.8 Å². The van der Waals surface area contributed by atoms with E-state index in [0.29, 0.717) is 21.5 Å². The van der Waals surface area contributed by atoms with Gasteiger partial charge in [0.1, 0.15) is 5.75 Å². The fraction of sp³-hybridized carbons (Fsp3) is 0.167. The lowest BCUT2D eigenvalue weighted by Crippen LogP contribution is -2.17. The molecular weight excluding hydrogens is 372 g/mol. The minimum Gasteiger partial charge on any atom is -0.489 e. The van der Waals surface area contributed by atoms with Gasteiger partial charge in [0.2, 0.25) is 0 Å². The molecule has 0 saturated heterocycles. The first-order chi connectivity index (χ1) is 12.4. The number of nitrogens with zero attached hydrogens (tertiary/aromatic N) is 2. The van der Waals surface area contributed by atoms with E-state index in [2.05, 4.69) is 15.5 Å². The summed E-state index contributed by atoms with van der Waals surface area (Å²) in [6, 6.07) is 10.5. The van der Waals surface area contributed by atoms with Crippen molar-refractivity contribution < 1.29 is 9.53 Å². The summed E-state index contributed by atoms with van der Waals surface area (Å²) >= 11 is 7.51. The first-order valence-corrected chi connectivity index (χ1v) is 9.07. The maximum Gasteiger partial charge on any atom is 0.271 e. The smallest absolute Gasteiger partial charge is 0.271 e. The number of hydrazone groups is 1. The number of carbonyl (C=O) groups is 1. The standard InChI is InChI=1S/C18H17ClN4O2S/c1-10(2)25-15-6-3-11(7-13(15)19)9-21-23-17(24)12-4-5-14-16(8-12)26-18(20)22-14/h3-10H,1-2H3,(H2,20,22)(H,23,24)/b21-9-. The number of carbonyl (C=O) groups excluding carboxylic acids is 1. The lowest BCUT2D eigenvalue weighted by Gasteiger charge is -2.11. The van der Waals surface area contributed by atoms with Gasteiger partial charge in [0.15, 0.2) is 5.13 Å². The highest BCUT2D eigenvalue weighted by molar-refractivity contribution is 7.22.